The lowest BCUT2D eigenvalue weighted by atomic mass is 10.1. The Labute approximate surface area is 119 Å². The van der Waals surface area contributed by atoms with Gasteiger partial charge in [0, 0.05) is 5.02 Å². The van der Waals surface area contributed by atoms with Crippen LogP contribution in [-0.2, 0) is 0 Å². The van der Waals surface area contributed by atoms with Gasteiger partial charge in [0.2, 0.25) is 0 Å². The van der Waals surface area contributed by atoms with Gasteiger partial charge in [-0.2, -0.15) is 0 Å². The lowest BCUT2D eigenvalue weighted by Crippen LogP contribution is -2.34. The van der Waals surface area contributed by atoms with Crippen LogP contribution in [0.5, 0.6) is 0 Å². The van der Waals surface area contributed by atoms with Crippen molar-refractivity contribution in [2.24, 2.45) is 0 Å². The van der Waals surface area contributed by atoms with Gasteiger partial charge in [-0.15, -0.1) is 0 Å². The lowest BCUT2D eigenvalue weighted by Gasteiger charge is -2.33. The molecule has 0 nitrogen and oxygen atoms in total. The van der Waals surface area contributed by atoms with Gasteiger partial charge in [0.1, 0.15) is 0 Å². The first-order chi connectivity index (χ1) is 8.51. The minimum Gasteiger partial charge on any atom is -0.0843 e. The molecule has 0 saturated carbocycles. The van der Waals surface area contributed by atoms with Crippen LogP contribution in [0, 0.1) is 0 Å². The first-order valence-electron chi connectivity index (χ1n) is 7.26. The summed E-state index contributed by atoms with van der Waals surface area (Å²) in [5, 5.41) is 0.849. The van der Waals surface area contributed by atoms with E-state index in [9.17, 15) is 0 Å². The van der Waals surface area contributed by atoms with Gasteiger partial charge in [-0.25, -0.2) is 0 Å². The molecule has 0 aliphatic heterocycles. The molecule has 0 saturated heterocycles. The molecule has 1 aromatic carbocycles. The summed E-state index contributed by atoms with van der Waals surface area (Å²) in [6, 6.07) is 10.0. The SMILES string of the molecule is CCCC[Si](C)(C)C(CCC)c1ccc(Cl)cc1. The zero-order chi connectivity index (χ0) is 13.6. The van der Waals surface area contributed by atoms with Gasteiger partial charge in [-0.1, -0.05) is 76.0 Å². The summed E-state index contributed by atoms with van der Waals surface area (Å²) in [4.78, 5) is 0. The Morgan fingerprint density at radius 1 is 1.06 bits per heavy atom. The fraction of sp³-hybridized carbons (Fsp3) is 0.625. The summed E-state index contributed by atoms with van der Waals surface area (Å²) < 4.78 is 0. The Hall–Kier alpha value is -0.273. The summed E-state index contributed by atoms with van der Waals surface area (Å²) in [6.07, 6.45) is 5.29. The van der Waals surface area contributed by atoms with Crippen molar-refractivity contribution in [1.29, 1.82) is 0 Å². The molecule has 2 heteroatoms. The summed E-state index contributed by atoms with van der Waals surface area (Å²) in [7, 11) is -1.18. The second-order valence-electron chi connectivity index (χ2n) is 5.98. The predicted octanol–water partition coefficient (Wildman–Crippen LogP) is 6.27. The third-order valence-electron chi connectivity index (χ3n) is 3.97. The molecular formula is C16H27ClSi. The topological polar surface area (TPSA) is 0 Å². The quantitative estimate of drug-likeness (QED) is 0.517. The van der Waals surface area contributed by atoms with Crippen molar-refractivity contribution in [3.8, 4) is 0 Å². The number of hydrogen-bond acceptors (Lipinski definition) is 0. The first-order valence-corrected chi connectivity index (χ1v) is 10.9. The maximum Gasteiger partial charge on any atom is 0.0551 e. The Bertz CT molecular complexity index is 343. The molecule has 0 N–H and O–H groups in total. The molecule has 0 aromatic heterocycles. The monoisotopic (exact) mass is 282 g/mol. The summed E-state index contributed by atoms with van der Waals surface area (Å²) >= 11 is 6.00. The van der Waals surface area contributed by atoms with E-state index >= 15 is 0 Å². The van der Waals surface area contributed by atoms with Crippen molar-refractivity contribution in [2.75, 3.05) is 0 Å². The van der Waals surface area contributed by atoms with Crippen molar-refractivity contribution in [3.05, 3.63) is 34.9 Å². The first kappa shape index (κ1) is 15.8. The zero-order valence-electron chi connectivity index (χ0n) is 12.3. The highest BCUT2D eigenvalue weighted by molar-refractivity contribution is 6.78. The maximum absolute atomic E-state index is 6.00. The van der Waals surface area contributed by atoms with Gasteiger partial charge in [0.25, 0.3) is 0 Å². The van der Waals surface area contributed by atoms with Crippen LogP contribution in [0.1, 0.15) is 50.6 Å². The molecule has 0 radical (unpaired) electrons. The third kappa shape index (κ3) is 4.44. The smallest absolute Gasteiger partial charge is 0.0551 e. The highest BCUT2D eigenvalue weighted by Crippen LogP contribution is 2.35. The average molecular weight is 283 g/mol. The molecule has 0 aliphatic carbocycles. The number of hydrogen-bond donors (Lipinski definition) is 0. The molecule has 0 amide bonds. The second kappa shape index (κ2) is 7.35. The normalized spacial score (nSPS) is 13.6. The molecular weight excluding hydrogens is 256 g/mol. The van der Waals surface area contributed by atoms with Crippen LogP contribution >= 0.6 is 11.6 Å². The van der Waals surface area contributed by atoms with E-state index in [0.29, 0.717) is 0 Å². The molecule has 0 heterocycles. The molecule has 0 spiro atoms. The number of unbranched alkanes of at least 4 members (excludes halogenated alkanes) is 1. The standard InChI is InChI=1S/C16H27ClSi/c1-5-7-13-18(3,4)16(8-6-2)14-9-11-15(17)12-10-14/h9-12,16H,5-8,13H2,1-4H3. The van der Waals surface area contributed by atoms with Crippen LogP contribution in [0.25, 0.3) is 0 Å². The van der Waals surface area contributed by atoms with Gasteiger partial charge in [-0.3, -0.25) is 0 Å². The van der Waals surface area contributed by atoms with E-state index in [2.05, 4.69) is 39.1 Å². The van der Waals surface area contributed by atoms with Crippen LogP contribution in [0.15, 0.2) is 24.3 Å². The molecule has 18 heavy (non-hydrogen) atoms. The van der Waals surface area contributed by atoms with Gasteiger partial charge in [0.15, 0.2) is 0 Å². The van der Waals surface area contributed by atoms with Crippen molar-refractivity contribution >= 4 is 19.7 Å². The predicted molar refractivity (Wildman–Crippen MR) is 86.3 cm³/mol. The Balaban J connectivity index is 2.90. The molecule has 1 unspecified atom stereocenters. The van der Waals surface area contributed by atoms with Crippen molar-refractivity contribution in [1.82, 2.24) is 0 Å². The van der Waals surface area contributed by atoms with Gasteiger partial charge >= 0.3 is 0 Å². The zero-order valence-corrected chi connectivity index (χ0v) is 14.1. The van der Waals surface area contributed by atoms with Gasteiger partial charge in [0.05, 0.1) is 8.07 Å². The second-order valence-corrected chi connectivity index (χ2v) is 11.6. The summed E-state index contributed by atoms with van der Waals surface area (Å²) in [5.74, 6) is 0. The highest BCUT2D eigenvalue weighted by Gasteiger charge is 2.31. The summed E-state index contributed by atoms with van der Waals surface area (Å²) in [6.45, 7) is 9.70. The highest BCUT2D eigenvalue weighted by atomic mass is 35.5. The van der Waals surface area contributed by atoms with E-state index in [1.165, 1.54) is 37.3 Å². The number of rotatable bonds is 7. The van der Waals surface area contributed by atoms with E-state index < -0.39 is 8.07 Å². The van der Waals surface area contributed by atoms with E-state index in [4.69, 9.17) is 11.6 Å². The van der Waals surface area contributed by atoms with E-state index in [-0.39, 0.29) is 0 Å². The van der Waals surface area contributed by atoms with Crippen LogP contribution < -0.4 is 0 Å². The van der Waals surface area contributed by atoms with Crippen LogP contribution in [0.2, 0.25) is 24.2 Å². The third-order valence-corrected chi connectivity index (χ3v) is 8.37. The average Bonchev–Trinajstić information content (AvgIpc) is 2.35. The molecule has 102 valence electrons. The lowest BCUT2D eigenvalue weighted by molar-refractivity contribution is 0.730. The molecule has 1 rings (SSSR count). The number of benzene rings is 1. The maximum atomic E-state index is 6.00. The Morgan fingerprint density at radius 3 is 2.17 bits per heavy atom. The molecule has 0 aliphatic rings. The minimum atomic E-state index is -1.18. The Kier molecular flexibility index (Phi) is 6.44. The largest absolute Gasteiger partial charge is 0.0843 e. The van der Waals surface area contributed by atoms with Gasteiger partial charge in [-0.05, 0) is 29.7 Å². The Morgan fingerprint density at radius 2 is 1.67 bits per heavy atom. The fourth-order valence-corrected chi connectivity index (χ4v) is 6.70. The van der Waals surface area contributed by atoms with E-state index in [0.717, 1.165) is 10.6 Å². The molecule has 1 aromatic rings. The van der Waals surface area contributed by atoms with Gasteiger partial charge < -0.3 is 0 Å². The number of halogens is 1. The fourth-order valence-electron chi connectivity index (χ4n) is 2.80. The molecule has 1 atom stereocenters. The molecule has 0 fully saturated rings. The summed E-state index contributed by atoms with van der Waals surface area (Å²) in [5.41, 5.74) is 2.29. The van der Waals surface area contributed by atoms with Crippen LogP contribution in [0.4, 0.5) is 0 Å². The van der Waals surface area contributed by atoms with Crippen LogP contribution in [0.3, 0.4) is 0 Å². The van der Waals surface area contributed by atoms with Crippen molar-refractivity contribution in [3.63, 3.8) is 0 Å². The van der Waals surface area contributed by atoms with Crippen LogP contribution in [-0.4, -0.2) is 8.07 Å². The van der Waals surface area contributed by atoms with E-state index in [1.54, 1.807) is 0 Å². The van der Waals surface area contributed by atoms with Crippen molar-refractivity contribution < 1.29 is 0 Å². The molecule has 0 bridgehead atoms. The minimum absolute atomic E-state index is 0.784. The van der Waals surface area contributed by atoms with Crippen molar-refractivity contribution in [2.45, 2.75) is 64.2 Å². The van der Waals surface area contributed by atoms with E-state index in [1.807, 2.05) is 12.1 Å².